The number of pyridine rings is 1. The second kappa shape index (κ2) is 10.5. The molecular weight excluding hydrogens is 431 g/mol. The van der Waals surface area contributed by atoms with E-state index in [9.17, 15) is 18.0 Å². The molecule has 9 heteroatoms. The number of halogens is 3. The maximum absolute atomic E-state index is 12.5. The zero-order chi connectivity index (χ0) is 21.4. The topological polar surface area (TPSA) is 54.0 Å². The highest BCUT2D eigenvalue weighted by Gasteiger charge is 2.30. The SMILES string of the molecule is O=C(NCCCNc1ccc(C(F)(F)F)cn1)c1ccccc1SCc1cccs1. The monoisotopic (exact) mass is 451 g/mol. The summed E-state index contributed by atoms with van der Waals surface area (Å²) in [5, 5.41) is 7.87. The third-order valence-electron chi connectivity index (χ3n) is 4.12. The van der Waals surface area contributed by atoms with E-state index in [0.29, 0.717) is 30.9 Å². The summed E-state index contributed by atoms with van der Waals surface area (Å²) in [4.78, 5) is 18.5. The highest BCUT2D eigenvalue weighted by atomic mass is 32.2. The van der Waals surface area contributed by atoms with E-state index in [-0.39, 0.29) is 5.91 Å². The van der Waals surface area contributed by atoms with Crippen molar-refractivity contribution in [2.24, 2.45) is 0 Å². The predicted octanol–water partition coefficient (Wildman–Crippen LogP) is 5.69. The number of aromatic nitrogens is 1. The number of thioether (sulfide) groups is 1. The molecule has 3 rings (SSSR count). The maximum atomic E-state index is 12.5. The summed E-state index contributed by atoms with van der Waals surface area (Å²) in [6.07, 6.45) is -2.98. The molecule has 0 bridgehead atoms. The highest BCUT2D eigenvalue weighted by molar-refractivity contribution is 7.98. The molecule has 0 spiro atoms. The first kappa shape index (κ1) is 22.2. The van der Waals surface area contributed by atoms with Crippen molar-refractivity contribution in [1.82, 2.24) is 10.3 Å². The Bertz CT molecular complexity index is 945. The molecule has 0 aliphatic rings. The minimum absolute atomic E-state index is 0.142. The van der Waals surface area contributed by atoms with Crippen molar-refractivity contribution in [2.45, 2.75) is 23.2 Å². The van der Waals surface area contributed by atoms with Gasteiger partial charge in [-0.3, -0.25) is 4.79 Å². The molecule has 0 aliphatic heterocycles. The molecule has 0 fully saturated rings. The largest absolute Gasteiger partial charge is 0.417 e. The average molecular weight is 452 g/mol. The van der Waals surface area contributed by atoms with Crippen LogP contribution in [-0.2, 0) is 11.9 Å². The third-order valence-corrected chi connectivity index (χ3v) is 6.30. The van der Waals surface area contributed by atoms with Gasteiger partial charge in [0.2, 0.25) is 0 Å². The lowest BCUT2D eigenvalue weighted by Gasteiger charge is -2.11. The van der Waals surface area contributed by atoms with Crippen molar-refractivity contribution < 1.29 is 18.0 Å². The summed E-state index contributed by atoms with van der Waals surface area (Å²) >= 11 is 3.31. The van der Waals surface area contributed by atoms with Gasteiger partial charge in [0.05, 0.1) is 11.1 Å². The Morgan fingerprint density at radius 3 is 2.60 bits per heavy atom. The number of hydrogen-bond donors (Lipinski definition) is 2. The minimum atomic E-state index is -4.39. The Labute approximate surface area is 180 Å². The molecule has 4 nitrogen and oxygen atoms in total. The van der Waals surface area contributed by atoms with Gasteiger partial charge in [0.25, 0.3) is 5.91 Å². The molecule has 0 atom stereocenters. The molecule has 1 amide bonds. The number of nitrogens with one attached hydrogen (secondary N) is 2. The zero-order valence-corrected chi connectivity index (χ0v) is 17.5. The van der Waals surface area contributed by atoms with Crippen LogP contribution in [0.3, 0.4) is 0 Å². The Balaban J connectivity index is 1.42. The van der Waals surface area contributed by atoms with Crippen LogP contribution in [0.25, 0.3) is 0 Å². The number of amides is 1. The molecule has 3 aromatic rings. The number of benzene rings is 1. The quantitative estimate of drug-likeness (QED) is 0.324. The number of thiophene rings is 1. The molecular formula is C21H20F3N3OS2. The van der Waals surface area contributed by atoms with E-state index >= 15 is 0 Å². The first-order valence-electron chi connectivity index (χ1n) is 9.23. The smallest absolute Gasteiger partial charge is 0.370 e. The first-order chi connectivity index (χ1) is 14.4. The molecule has 2 heterocycles. The van der Waals surface area contributed by atoms with Gasteiger partial charge in [-0.15, -0.1) is 23.1 Å². The molecule has 0 aliphatic carbocycles. The second-order valence-corrected chi connectivity index (χ2v) is 8.38. The summed E-state index contributed by atoms with van der Waals surface area (Å²) < 4.78 is 37.6. The molecule has 2 aromatic heterocycles. The molecule has 0 saturated carbocycles. The van der Waals surface area contributed by atoms with Gasteiger partial charge in [-0.05, 0) is 42.1 Å². The van der Waals surface area contributed by atoms with Crippen molar-refractivity contribution in [2.75, 3.05) is 18.4 Å². The van der Waals surface area contributed by atoms with Gasteiger partial charge in [0, 0.05) is 34.8 Å². The number of carbonyl (C=O) groups excluding carboxylic acids is 1. The van der Waals surface area contributed by atoms with Crippen LogP contribution in [0.2, 0.25) is 0 Å². The molecule has 0 radical (unpaired) electrons. The Hall–Kier alpha value is -2.52. The average Bonchev–Trinajstić information content (AvgIpc) is 3.25. The standard InChI is InChI=1S/C21H20F3N3OS2/c22-21(23,24)15-8-9-19(27-13-15)25-10-4-11-26-20(28)17-6-1-2-7-18(17)30-14-16-5-3-12-29-16/h1-3,5-9,12-13H,4,10-11,14H2,(H,25,27)(H,26,28). The molecule has 158 valence electrons. The van der Waals surface area contributed by atoms with Crippen LogP contribution in [0.4, 0.5) is 19.0 Å². The van der Waals surface area contributed by atoms with E-state index in [1.165, 1.54) is 10.9 Å². The number of nitrogens with zero attached hydrogens (tertiary/aromatic N) is 1. The number of hydrogen-bond acceptors (Lipinski definition) is 5. The van der Waals surface area contributed by atoms with Gasteiger partial charge in [0.1, 0.15) is 5.82 Å². The Morgan fingerprint density at radius 2 is 1.90 bits per heavy atom. The molecule has 30 heavy (non-hydrogen) atoms. The normalized spacial score (nSPS) is 11.3. The van der Waals surface area contributed by atoms with Crippen molar-refractivity contribution in [3.63, 3.8) is 0 Å². The molecule has 0 saturated heterocycles. The lowest BCUT2D eigenvalue weighted by molar-refractivity contribution is -0.137. The van der Waals surface area contributed by atoms with E-state index in [0.717, 1.165) is 22.9 Å². The number of alkyl halides is 3. The fourth-order valence-electron chi connectivity index (χ4n) is 2.59. The fourth-order valence-corrected chi connectivity index (χ4v) is 4.41. The number of carbonyl (C=O) groups is 1. The maximum Gasteiger partial charge on any atom is 0.417 e. The predicted molar refractivity (Wildman–Crippen MR) is 115 cm³/mol. The van der Waals surface area contributed by atoms with Crippen LogP contribution in [0.15, 0.2) is 65.0 Å². The van der Waals surface area contributed by atoms with E-state index in [2.05, 4.69) is 21.7 Å². The van der Waals surface area contributed by atoms with Crippen LogP contribution in [-0.4, -0.2) is 24.0 Å². The number of anilines is 1. The van der Waals surface area contributed by atoms with Crippen molar-refractivity contribution >= 4 is 34.8 Å². The van der Waals surface area contributed by atoms with Crippen LogP contribution in [0.1, 0.15) is 27.2 Å². The van der Waals surface area contributed by atoms with E-state index < -0.39 is 11.7 Å². The zero-order valence-electron chi connectivity index (χ0n) is 15.9. The van der Waals surface area contributed by atoms with Crippen molar-refractivity contribution in [3.05, 3.63) is 76.1 Å². The minimum Gasteiger partial charge on any atom is -0.370 e. The van der Waals surface area contributed by atoms with E-state index in [1.807, 2.05) is 29.6 Å². The lowest BCUT2D eigenvalue weighted by Crippen LogP contribution is -2.26. The Kier molecular flexibility index (Phi) is 7.75. The number of rotatable bonds is 9. The van der Waals surface area contributed by atoms with Crippen LogP contribution in [0, 0.1) is 0 Å². The third kappa shape index (κ3) is 6.50. The highest BCUT2D eigenvalue weighted by Crippen LogP contribution is 2.29. The van der Waals surface area contributed by atoms with Gasteiger partial charge in [-0.1, -0.05) is 18.2 Å². The summed E-state index contributed by atoms with van der Waals surface area (Å²) in [7, 11) is 0. The summed E-state index contributed by atoms with van der Waals surface area (Å²) in [6, 6.07) is 13.8. The summed E-state index contributed by atoms with van der Waals surface area (Å²) in [5.41, 5.74) is -0.146. The van der Waals surface area contributed by atoms with Crippen molar-refractivity contribution in [3.8, 4) is 0 Å². The first-order valence-corrected chi connectivity index (χ1v) is 11.1. The van der Waals surface area contributed by atoms with Crippen LogP contribution in [0.5, 0.6) is 0 Å². The molecule has 0 unspecified atom stereocenters. The van der Waals surface area contributed by atoms with Crippen molar-refractivity contribution in [1.29, 1.82) is 0 Å². The second-order valence-electron chi connectivity index (χ2n) is 6.33. The van der Waals surface area contributed by atoms with Gasteiger partial charge in [0.15, 0.2) is 0 Å². The van der Waals surface area contributed by atoms with Gasteiger partial charge >= 0.3 is 6.18 Å². The fraction of sp³-hybridized carbons (Fsp3) is 0.238. The van der Waals surface area contributed by atoms with Gasteiger partial charge < -0.3 is 10.6 Å². The van der Waals surface area contributed by atoms with E-state index in [1.54, 1.807) is 29.2 Å². The molecule has 1 aromatic carbocycles. The van der Waals surface area contributed by atoms with Crippen LogP contribution >= 0.6 is 23.1 Å². The van der Waals surface area contributed by atoms with Crippen LogP contribution < -0.4 is 10.6 Å². The molecule has 2 N–H and O–H groups in total. The van der Waals surface area contributed by atoms with Gasteiger partial charge in [-0.2, -0.15) is 13.2 Å². The lowest BCUT2D eigenvalue weighted by atomic mass is 10.2. The Morgan fingerprint density at radius 1 is 1.07 bits per heavy atom. The summed E-state index contributed by atoms with van der Waals surface area (Å²) in [5.74, 6) is 1.04. The van der Waals surface area contributed by atoms with Gasteiger partial charge in [-0.25, -0.2) is 4.98 Å². The summed E-state index contributed by atoms with van der Waals surface area (Å²) in [6.45, 7) is 0.920. The van der Waals surface area contributed by atoms with E-state index in [4.69, 9.17) is 0 Å².